The Hall–Kier alpha value is -0.580. The maximum absolute atomic E-state index is 5.46. The number of aliphatic imine (C=N–C) groups is 1. The van der Waals surface area contributed by atoms with Crippen molar-refractivity contribution in [2.24, 2.45) is 4.99 Å². The first-order valence-electron chi connectivity index (χ1n) is 8.77. The molecule has 1 aliphatic heterocycles. The van der Waals surface area contributed by atoms with E-state index in [2.05, 4.69) is 60.7 Å². The molecule has 26 heavy (non-hydrogen) atoms. The van der Waals surface area contributed by atoms with Crippen molar-refractivity contribution in [3.05, 3.63) is 28.7 Å². The number of hydrogen-bond acceptors (Lipinski definition) is 4. The summed E-state index contributed by atoms with van der Waals surface area (Å²) in [7, 11) is 3.49. The van der Waals surface area contributed by atoms with E-state index in [0.717, 1.165) is 49.5 Å². The van der Waals surface area contributed by atoms with Gasteiger partial charge in [-0.25, -0.2) is 0 Å². The molecule has 0 spiro atoms. The molecule has 1 unspecified atom stereocenters. The number of halogens is 2. The van der Waals surface area contributed by atoms with Crippen molar-refractivity contribution >= 4 is 51.6 Å². The summed E-state index contributed by atoms with van der Waals surface area (Å²) in [5.74, 6) is 0.861. The van der Waals surface area contributed by atoms with E-state index in [1.165, 1.54) is 5.69 Å². The fourth-order valence-corrected chi connectivity index (χ4v) is 3.04. The van der Waals surface area contributed by atoms with Crippen LogP contribution < -0.4 is 15.5 Å². The largest absolute Gasteiger partial charge is 0.382 e. The van der Waals surface area contributed by atoms with Crippen LogP contribution in [0.3, 0.4) is 0 Å². The van der Waals surface area contributed by atoms with E-state index in [0.29, 0.717) is 19.3 Å². The summed E-state index contributed by atoms with van der Waals surface area (Å²) in [5.41, 5.74) is 1.27. The average Bonchev–Trinajstić information content (AvgIpc) is 3.09. The molecule has 8 heteroatoms. The van der Waals surface area contributed by atoms with E-state index in [1.54, 1.807) is 7.11 Å². The standard InChI is InChI=1S/C18H29BrN4O2.HI/c1-20-18(21-9-3-11-25-13-12-24-2)22-16-8-10-23(14-16)17-6-4-15(19)5-7-17;/h4-7,16H,3,8-14H2,1-2H3,(H2,20,21,22);1H. The summed E-state index contributed by atoms with van der Waals surface area (Å²) in [6.07, 6.45) is 2.05. The molecule has 2 rings (SSSR count). The minimum atomic E-state index is 0. The molecule has 0 saturated carbocycles. The quantitative estimate of drug-likeness (QED) is 0.218. The summed E-state index contributed by atoms with van der Waals surface area (Å²) in [5, 5.41) is 6.87. The fraction of sp³-hybridized carbons (Fsp3) is 0.611. The van der Waals surface area contributed by atoms with Gasteiger partial charge in [0.15, 0.2) is 5.96 Å². The van der Waals surface area contributed by atoms with Crippen molar-refractivity contribution in [1.29, 1.82) is 0 Å². The van der Waals surface area contributed by atoms with Crippen LogP contribution in [0.2, 0.25) is 0 Å². The van der Waals surface area contributed by atoms with Crippen molar-refractivity contribution in [2.45, 2.75) is 18.9 Å². The van der Waals surface area contributed by atoms with Gasteiger partial charge in [0, 0.05) is 56.6 Å². The molecule has 1 atom stereocenters. The minimum Gasteiger partial charge on any atom is -0.382 e. The normalized spacial score (nSPS) is 17.1. The van der Waals surface area contributed by atoms with Crippen molar-refractivity contribution in [3.63, 3.8) is 0 Å². The van der Waals surface area contributed by atoms with E-state index in [9.17, 15) is 0 Å². The van der Waals surface area contributed by atoms with Gasteiger partial charge in [-0.3, -0.25) is 4.99 Å². The third-order valence-corrected chi connectivity index (χ3v) is 4.66. The molecule has 1 aliphatic rings. The predicted octanol–water partition coefficient (Wildman–Crippen LogP) is 2.86. The molecule has 0 amide bonds. The number of ether oxygens (including phenoxy) is 2. The first kappa shape index (κ1) is 23.5. The number of methoxy groups -OCH3 is 1. The lowest BCUT2D eigenvalue weighted by Gasteiger charge is -2.20. The summed E-state index contributed by atoms with van der Waals surface area (Å²) < 4.78 is 11.5. The van der Waals surface area contributed by atoms with Crippen LogP contribution in [0.25, 0.3) is 0 Å². The molecule has 1 fully saturated rings. The Bertz CT molecular complexity index is 530. The fourth-order valence-electron chi connectivity index (χ4n) is 2.78. The molecule has 1 heterocycles. The van der Waals surface area contributed by atoms with Crippen LogP contribution in [0.4, 0.5) is 5.69 Å². The van der Waals surface area contributed by atoms with E-state index in [1.807, 2.05) is 7.05 Å². The Morgan fingerprint density at radius 1 is 1.27 bits per heavy atom. The number of anilines is 1. The molecular weight excluding hydrogens is 511 g/mol. The molecule has 2 N–H and O–H groups in total. The van der Waals surface area contributed by atoms with E-state index in [4.69, 9.17) is 9.47 Å². The monoisotopic (exact) mass is 540 g/mol. The molecule has 1 aromatic rings. The van der Waals surface area contributed by atoms with Crippen LogP contribution in [-0.4, -0.2) is 65.6 Å². The van der Waals surface area contributed by atoms with Crippen LogP contribution in [0.1, 0.15) is 12.8 Å². The van der Waals surface area contributed by atoms with E-state index >= 15 is 0 Å². The highest BCUT2D eigenvalue weighted by Crippen LogP contribution is 2.22. The maximum Gasteiger partial charge on any atom is 0.191 e. The lowest BCUT2D eigenvalue weighted by atomic mass is 10.3. The second kappa shape index (κ2) is 13.6. The second-order valence-electron chi connectivity index (χ2n) is 6.01. The minimum absolute atomic E-state index is 0. The van der Waals surface area contributed by atoms with Gasteiger partial charge in [-0.15, -0.1) is 24.0 Å². The predicted molar refractivity (Wildman–Crippen MR) is 122 cm³/mol. The number of rotatable bonds is 9. The highest BCUT2D eigenvalue weighted by atomic mass is 127. The lowest BCUT2D eigenvalue weighted by Crippen LogP contribution is -2.45. The highest BCUT2D eigenvalue weighted by molar-refractivity contribution is 14.0. The van der Waals surface area contributed by atoms with Crippen LogP contribution >= 0.6 is 39.9 Å². The summed E-state index contributed by atoms with van der Waals surface area (Å²) in [4.78, 5) is 6.72. The Balaban J connectivity index is 0.00000338. The molecule has 1 saturated heterocycles. The van der Waals surface area contributed by atoms with Gasteiger partial charge in [-0.1, -0.05) is 15.9 Å². The van der Waals surface area contributed by atoms with E-state index < -0.39 is 0 Å². The van der Waals surface area contributed by atoms with Gasteiger partial charge in [0.05, 0.1) is 13.2 Å². The average molecular weight is 541 g/mol. The Kier molecular flexibility index (Phi) is 12.2. The van der Waals surface area contributed by atoms with E-state index in [-0.39, 0.29) is 24.0 Å². The topological polar surface area (TPSA) is 58.1 Å². The van der Waals surface area contributed by atoms with Crippen LogP contribution in [-0.2, 0) is 9.47 Å². The van der Waals surface area contributed by atoms with Gasteiger partial charge in [-0.2, -0.15) is 0 Å². The zero-order valence-electron chi connectivity index (χ0n) is 15.5. The zero-order chi connectivity index (χ0) is 17.9. The third-order valence-electron chi connectivity index (χ3n) is 4.13. The maximum atomic E-state index is 5.46. The number of benzene rings is 1. The molecule has 1 aromatic carbocycles. The summed E-state index contributed by atoms with van der Waals surface area (Å²) in [6.45, 7) is 4.92. The summed E-state index contributed by atoms with van der Waals surface area (Å²) >= 11 is 3.49. The van der Waals surface area contributed by atoms with Gasteiger partial charge in [0.2, 0.25) is 0 Å². The molecule has 0 aliphatic carbocycles. The van der Waals surface area contributed by atoms with Gasteiger partial charge in [0.25, 0.3) is 0 Å². The number of hydrogen-bond donors (Lipinski definition) is 2. The first-order chi connectivity index (χ1) is 12.2. The zero-order valence-corrected chi connectivity index (χ0v) is 19.5. The number of nitrogens with one attached hydrogen (secondary N) is 2. The molecule has 6 nitrogen and oxygen atoms in total. The van der Waals surface area contributed by atoms with Crippen LogP contribution in [0.15, 0.2) is 33.7 Å². The van der Waals surface area contributed by atoms with Crippen LogP contribution in [0, 0.1) is 0 Å². The number of nitrogens with zero attached hydrogens (tertiary/aromatic N) is 2. The Morgan fingerprint density at radius 2 is 2.04 bits per heavy atom. The smallest absolute Gasteiger partial charge is 0.191 e. The molecule has 148 valence electrons. The molecule has 0 aromatic heterocycles. The van der Waals surface area contributed by atoms with Crippen molar-refractivity contribution < 1.29 is 9.47 Å². The molecular formula is C18H30BrIN4O2. The van der Waals surface area contributed by atoms with Gasteiger partial charge in [-0.05, 0) is 37.1 Å². The van der Waals surface area contributed by atoms with Crippen LogP contribution in [0.5, 0.6) is 0 Å². The second-order valence-corrected chi connectivity index (χ2v) is 6.93. The molecule has 0 radical (unpaired) electrons. The number of guanidine groups is 1. The third kappa shape index (κ3) is 8.41. The first-order valence-corrected chi connectivity index (χ1v) is 9.56. The van der Waals surface area contributed by atoms with Crippen molar-refractivity contribution in [2.75, 3.05) is 58.5 Å². The van der Waals surface area contributed by atoms with Crippen molar-refractivity contribution in [1.82, 2.24) is 10.6 Å². The Labute approximate surface area is 182 Å². The van der Waals surface area contributed by atoms with Gasteiger partial charge < -0.3 is 25.0 Å². The molecule has 0 bridgehead atoms. The van der Waals surface area contributed by atoms with Gasteiger partial charge >= 0.3 is 0 Å². The SMILES string of the molecule is CN=C(NCCCOCCOC)NC1CCN(c2ccc(Br)cc2)C1.I. The highest BCUT2D eigenvalue weighted by Gasteiger charge is 2.23. The lowest BCUT2D eigenvalue weighted by molar-refractivity contribution is 0.0698. The van der Waals surface area contributed by atoms with Gasteiger partial charge in [0.1, 0.15) is 0 Å². The summed E-state index contributed by atoms with van der Waals surface area (Å²) in [6, 6.07) is 8.90. The Morgan fingerprint density at radius 3 is 2.73 bits per heavy atom. The van der Waals surface area contributed by atoms with Crippen molar-refractivity contribution in [3.8, 4) is 0 Å².